The van der Waals surface area contributed by atoms with Crippen LogP contribution in [0.2, 0.25) is 0 Å². The second-order valence-corrected chi connectivity index (χ2v) is 17.0. The summed E-state index contributed by atoms with van der Waals surface area (Å²) in [4.78, 5) is 35.1. The smallest absolute Gasteiger partial charge is 0.497 e. The largest absolute Gasteiger partial charge is 0.697 e. The second-order valence-electron chi connectivity index (χ2n) is 16.1. The number of hydrogen-bond donors (Lipinski definition) is 1. The Kier molecular flexibility index (Phi) is 16.4. The van der Waals surface area contributed by atoms with Crippen molar-refractivity contribution in [3.8, 4) is 11.5 Å². The minimum atomic E-state index is -2.63. The van der Waals surface area contributed by atoms with E-state index in [0.29, 0.717) is 23.5 Å². The number of methoxy groups -OCH3 is 2. The zero-order chi connectivity index (χ0) is 45.1. The lowest BCUT2D eigenvalue weighted by atomic mass is 9.80. The van der Waals surface area contributed by atoms with Gasteiger partial charge in [-0.3, -0.25) is 19.2 Å². The summed E-state index contributed by atoms with van der Waals surface area (Å²) >= 11 is 0. The molecule has 0 spiro atoms. The van der Waals surface area contributed by atoms with Crippen molar-refractivity contribution in [1.82, 2.24) is 19.4 Å². The summed E-state index contributed by atoms with van der Waals surface area (Å²) in [5, 5.41) is 2.69. The molecule has 1 aliphatic rings. The van der Waals surface area contributed by atoms with Crippen molar-refractivity contribution in [1.29, 1.82) is 0 Å². The van der Waals surface area contributed by atoms with Gasteiger partial charge in [0.05, 0.1) is 27.0 Å². The van der Waals surface area contributed by atoms with Gasteiger partial charge < -0.3 is 24.3 Å². The van der Waals surface area contributed by atoms with Crippen LogP contribution in [-0.4, -0.2) is 97.2 Å². The summed E-state index contributed by atoms with van der Waals surface area (Å²) in [6, 6.07) is 35.9. The van der Waals surface area contributed by atoms with Gasteiger partial charge in [0.25, 0.3) is 5.91 Å². The molecule has 2 heterocycles. The van der Waals surface area contributed by atoms with E-state index in [1.165, 1.54) is 16.8 Å². The van der Waals surface area contributed by atoms with Crippen LogP contribution < -0.4 is 20.5 Å². The Hall–Kier alpha value is -5.31. The van der Waals surface area contributed by atoms with E-state index in [0.717, 1.165) is 16.7 Å². The Morgan fingerprint density at radius 1 is 0.841 bits per heavy atom. The highest BCUT2D eigenvalue weighted by atomic mass is 31.1. The van der Waals surface area contributed by atoms with Gasteiger partial charge in [-0.1, -0.05) is 72.8 Å². The Labute approximate surface area is 371 Å². The van der Waals surface area contributed by atoms with Crippen molar-refractivity contribution in [3.63, 3.8) is 0 Å². The predicted octanol–water partition coefficient (Wildman–Crippen LogP) is 8.26. The quantitative estimate of drug-likeness (QED) is 0.0431. The molecule has 6 rings (SSSR count). The zero-order valence-corrected chi connectivity index (χ0v) is 38.1. The summed E-state index contributed by atoms with van der Waals surface area (Å²) in [6.07, 6.45) is -0.311. The molecule has 1 saturated heterocycles. The van der Waals surface area contributed by atoms with Crippen LogP contribution in [0, 0.1) is 0 Å². The van der Waals surface area contributed by atoms with E-state index in [2.05, 4.69) is 47.8 Å². The highest BCUT2D eigenvalue weighted by Gasteiger charge is 2.46. The van der Waals surface area contributed by atoms with Gasteiger partial charge in [0, 0.05) is 41.3 Å². The minimum absolute atomic E-state index is 0.0376. The number of ether oxygens (including phenoxy) is 4. The number of amides is 1. The molecule has 14 nitrogen and oxygen atoms in total. The van der Waals surface area contributed by atoms with Crippen LogP contribution in [0.5, 0.6) is 11.5 Å². The lowest BCUT2D eigenvalue weighted by Crippen LogP contribution is -2.52. The van der Waals surface area contributed by atoms with E-state index in [1.807, 2.05) is 99.0 Å². The Balaban J connectivity index is 1.30. The van der Waals surface area contributed by atoms with Crippen molar-refractivity contribution in [2.45, 2.75) is 82.8 Å². The normalized spacial score (nSPS) is 17.3. The first kappa shape index (κ1) is 47.2. The maximum Gasteiger partial charge on any atom is 0.697 e. The van der Waals surface area contributed by atoms with Crippen molar-refractivity contribution >= 4 is 20.0 Å². The van der Waals surface area contributed by atoms with E-state index in [-0.39, 0.29) is 43.7 Å². The van der Waals surface area contributed by atoms with Gasteiger partial charge >= 0.3 is 13.9 Å². The molecule has 63 heavy (non-hydrogen) atoms. The summed E-state index contributed by atoms with van der Waals surface area (Å²) in [6.45, 7) is 8.74. The topological polar surface area (TPSA) is 143 Å². The molecule has 1 fully saturated rings. The fraction of sp³-hybridized carbons (Fsp3) is 0.396. The monoisotopic (exact) mass is 880 g/mol. The maximum absolute atomic E-state index is 13.7. The standard InChI is InChI=1S/C48H58N5O9P/c1-33(2)53(34(3)4)44(51(5)6)28-30-60-63(56)62-41-31-45(52-29-27-43(50-47(52)55)49-46(54)35-15-11-9-12-16-35)61-42(41)32-59-48(36-17-13-10-14-18-36,37-19-23-39(57-7)24-20-37)38-21-25-40(58-8)26-22-38/h9-27,29,33-34,41-42,44-45H,28,30-32H2,1-8H3/p+1/t41-,42+,44?,45+/m0/s1. The van der Waals surface area contributed by atoms with E-state index < -0.39 is 43.9 Å². The van der Waals surface area contributed by atoms with Gasteiger partial charge in [0.2, 0.25) is 0 Å². The molecule has 4 aromatic carbocycles. The highest BCUT2D eigenvalue weighted by molar-refractivity contribution is 7.33. The fourth-order valence-corrected chi connectivity index (χ4v) is 8.98. The summed E-state index contributed by atoms with van der Waals surface area (Å²) in [5.74, 6) is 1.04. The number of nitrogens with zero attached hydrogens (tertiary/aromatic N) is 4. The number of aromatic nitrogens is 2. The number of carbonyl (C=O) groups is 1. The molecule has 0 aliphatic carbocycles. The summed E-state index contributed by atoms with van der Waals surface area (Å²) in [5.41, 5.74) is 1.02. The van der Waals surface area contributed by atoms with Crippen molar-refractivity contribution in [2.75, 3.05) is 46.8 Å². The van der Waals surface area contributed by atoms with E-state index in [9.17, 15) is 14.2 Å². The van der Waals surface area contributed by atoms with Crippen LogP contribution >= 0.6 is 8.25 Å². The maximum atomic E-state index is 13.7. The number of rotatable bonds is 21. The SMILES string of the molecule is COc1ccc(C(OC[C@H]2O[C@@H](n3ccc(NC(=O)c4ccccc4)nc3=O)C[C@@H]2O[P+](=O)OCCC(N(C)C)N(C(C)C)C(C)C)(c2ccccc2)c2ccc(OC)cc2)cc1. The van der Waals surface area contributed by atoms with Gasteiger partial charge in [-0.05, 0) is 101 Å². The molecule has 0 bridgehead atoms. The van der Waals surface area contributed by atoms with Crippen LogP contribution in [-0.2, 0) is 28.7 Å². The Bertz CT molecular complexity index is 2240. The average molecular weight is 881 g/mol. The third-order valence-electron chi connectivity index (χ3n) is 11.2. The molecule has 0 radical (unpaired) electrons. The van der Waals surface area contributed by atoms with Crippen LogP contribution in [0.15, 0.2) is 126 Å². The zero-order valence-electron chi connectivity index (χ0n) is 37.2. The Morgan fingerprint density at radius 2 is 1.40 bits per heavy atom. The molecule has 2 unspecified atom stereocenters. The van der Waals surface area contributed by atoms with E-state index in [1.54, 1.807) is 38.5 Å². The number of nitrogens with one attached hydrogen (secondary N) is 1. The molecule has 1 aromatic heterocycles. The first-order valence-electron chi connectivity index (χ1n) is 21.1. The van der Waals surface area contributed by atoms with Gasteiger partial charge in [0.1, 0.15) is 48.0 Å². The van der Waals surface area contributed by atoms with Crippen molar-refractivity contribution < 1.29 is 37.4 Å². The average Bonchev–Trinajstić information content (AvgIpc) is 3.68. The van der Waals surface area contributed by atoms with Gasteiger partial charge in [0.15, 0.2) is 0 Å². The van der Waals surface area contributed by atoms with Gasteiger partial charge in [-0.25, -0.2) is 4.79 Å². The number of hydrogen-bond acceptors (Lipinski definition) is 12. The number of benzene rings is 4. The molecule has 5 aromatic rings. The van der Waals surface area contributed by atoms with Crippen LogP contribution in [0.3, 0.4) is 0 Å². The molecule has 334 valence electrons. The third kappa shape index (κ3) is 11.5. The minimum Gasteiger partial charge on any atom is -0.497 e. The first-order chi connectivity index (χ1) is 30.3. The third-order valence-corrected chi connectivity index (χ3v) is 12.0. The number of carbonyl (C=O) groups excluding carboxylic acids is 1. The Morgan fingerprint density at radius 3 is 1.92 bits per heavy atom. The summed E-state index contributed by atoms with van der Waals surface area (Å²) in [7, 11) is 4.64. The molecular formula is C48H59N5O9P+. The van der Waals surface area contributed by atoms with Crippen LogP contribution in [0.4, 0.5) is 5.82 Å². The van der Waals surface area contributed by atoms with E-state index >= 15 is 0 Å². The first-order valence-corrected chi connectivity index (χ1v) is 22.2. The van der Waals surface area contributed by atoms with E-state index in [4.69, 9.17) is 28.0 Å². The van der Waals surface area contributed by atoms with Crippen LogP contribution in [0.1, 0.15) is 73.8 Å². The number of anilines is 1. The van der Waals surface area contributed by atoms with Gasteiger partial charge in [-0.15, -0.1) is 9.05 Å². The van der Waals surface area contributed by atoms with Gasteiger partial charge in [-0.2, -0.15) is 4.98 Å². The van der Waals surface area contributed by atoms with Crippen molar-refractivity contribution in [3.05, 3.63) is 154 Å². The van der Waals surface area contributed by atoms with Crippen molar-refractivity contribution in [2.24, 2.45) is 0 Å². The summed E-state index contributed by atoms with van der Waals surface area (Å²) < 4.78 is 52.0. The predicted molar refractivity (Wildman–Crippen MR) is 242 cm³/mol. The molecule has 1 N–H and O–H groups in total. The molecular weight excluding hydrogens is 822 g/mol. The molecule has 5 atom stereocenters. The molecule has 0 saturated carbocycles. The molecule has 1 amide bonds. The second kappa shape index (κ2) is 21.9. The lowest BCUT2D eigenvalue weighted by Gasteiger charge is -2.41. The lowest BCUT2D eigenvalue weighted by molar-refractivity contribution is -0.0920. The molecule has 1 aliphatic heterocycles. The molecule has 15 heteroatoms. The van der Waals surface area contributed by atoms with Crippen LogP contribution in [0.25, 0.3) is 0 Å². The fourth-order valence-electron chi connectivity index (χ4n) is 8.23. The highest BCUT2D eigenvalue weighted by Crippen LogP contribution is 2.44.